The van der Waals surface area contributed by atoms with E-state index in [1.165, 1.54) is 23.5 Å². The van der Waals surface area contributed by atoms with Gasteiger partial charge in [-0.05, 0) is 23.6 Å². The van der Waals surface area contributed by atoms with Crippen molar-refractivity contribution >= 4 is 28.3 Å². The van der Waals surface area contributed by atoms with Gasteiger partial charge < -0.3 is 10.6 Å². The number of carbonyl (C=O) groups excluding carboxylic acids is 2. The van der Waals surface area contributed by atoms with Gasteiger partial charge in [0.1, 0.15) is 5.82 Å². The Labute approximate surface area is 131 Å². The molecule has 2 N–H and O–H groups in total. The first-order chi connectivity index (χ1) is 10.5. The van der Waals surface area contributed by atoms with Gasteiger partial charge in [-0.1, -0.05) is 19.1 Å². The Balaban J connectivity index is 1.75. The highest BCUT2D eigenvalue weighted by atomic mass is 32.1. The van der Waals surface area contributed by atoms with E-state index in [0.717, 1.165) is 5.56 Å². The van der Waals surface area contributed by atoms with Gasteiger partial charge in [-0.15, -0.1) is 11.3 Å². The van der Waals surface area contributed by atoms with E-state index in [2.05, 4.69) is 15.6 Å². The molecule has 0 aliphatic heterocycles. The third kappa shape index (κ3) is 4.92. The van der Waals surface area contributed by atoms with E-state index in [4.69, 9.17) is 0 Å². The monoisotopic (exact) mass is 321 g/mol. The number of hydrogen-bond acceptors (Lipinski definition) is 4. The number of rotatable bonds is 6. The normalized spacial score (nSPS) is 11.7. The average Bonchev–Trinajstić information content (AvgIpc) is 2.98. The Morgan fingerprint density at radius 3 is 2.64 bits per heavy atom. The maximum absolute atomic E-state index is 12.8. The zero-order chi connectivity index (χ0) is 15.9. The van der Waals surface area contributed by atoms with E-state index >= 15 is 0 Å². The van der Waals surface area contributed by atoms with Crippen LogP contribution in [0.1, 0.15) is 24.8 Å². The van der Waals surface area contributed by atoms with Crippen molar-refractivity contribution in [2.24, 2.45) is 0 Å². The van der Waals surface area contributed by atoms with Crippen molar-refractivity contribution in [1.29, 1.82) is 0 Å². The molecule has 0 fully saturated rings. The van der Waals surface area contributed by atoms with Crippen molar-refractivity contribution in [2.75, 3.05) is 11.9 Å². The molecule has 5 nitrogen and oxygen atoms in total. The Morgan fingerprint density at radius 2 is 2.00 bits per heavy atom. The summed E-state index contributed by atoms with van der Waals surface area (Å²) in [6.07, 6.45) is 1.82. The summed E-state index contributed by atoms with van der Waals surface area (Å²) in [5.74, 6) is -0.911. The number of halogens is 1. The molecule has 0 radical (unpaired) electrons. The third-order valence-electron chi connectivity index (χ3n) is 3.06. The van der Waals surface area contributed by atoms with Gasteiger partial charge in [0.2, 0.25) is 11.8 Å². The van der Waals surface area contributed by atoms with Gasteiger partial charge in [-0.3, -0.25) is 9.59 Å². The minimum absolute atomic E-state index is 0.0531. The molecule has 0 saturated carbocycles. The molecule has 1 aromatic carbocycles. The number of aromatic nitrogens is 1. The molecular weight excluding hydrogens is 305 g/mol. The van der Waals surface area contributed by atoms with Crippen LogP contribution in [0.3, 0.4) is 0 Å². The largest absolute Gasteiger partial charge is 0.347 e. The molecule has 1 heterocycles. The standard InChI is InChI=1S/C15H16FN3O2S/c1-10(11-2-4-12(16)5-3-11)8-13(20)18-9-14(21)19-15-17-6-7-22-15/h2-7,10H,8-9H2,1H3,(H,18,20)(H,17,19,21). The van der Waals surface area contributed by atoms with Crippen LogP contribution in [0.15, 0.2) is 35.8 Å². The number of nitrogens with one attached hydrogen (secondary N) is 2. The van der Waals surface area contributed by atoms with Crippen molar-refractivity contribution < 1.29 is 14.0 Å². The van der Waals surface area contributed by atoms with E-state index in [-0.39, 0.29) is 36.5 Å². The smallest absolute Gasteiger partial charge is 0.245 e. The van der Waals surface area contributed by atoms with Crippen LogP contribution in [-0.2, 0) is 9.59 Å². The van der Waals surface area contributed by atoms with Crippen LogP contribution in [0, 0.1) is 5.82 Å². The summed E-state index contributed by atoms with van der Waals surface area (Å²) in [7, 11) is 0. The molecule has 0 aliphatic carbocycles. The van der Waals surface area contributed by atoms with Gasteiger partial charge in [0, 0.05) is 18.0 Å². The topological polar surface area (TPSA) is 71.1 Å². The fourth-order valence-corrected chi connectivity index (χ4v) is 2.43. The fourth-order valence-electron chi connectivity index (χ4n) is 1.89. The van der Waals surface area contributed by atoms with E-state index in [1.54, 1.807) is 23.7 Å². The number of thiazole rings is 1. The first-order valence-corrected chi connectivity index (χ1v) is 7.64. The lowest BCUT2D eigenvalue weighted by atomic mass is 9.97. The molecule has 116 valence electrons. The van der Waals surface area contributed by atoms with Crippen LogP contribution in [0.5, 0.6) is 0 Å². The first kappa shape index (κ1) is 16.1. The lowest BCUT2D eigenvalue weighted by Gasteiger charge is -2.12. The van der Waals surface area contributed by atoms with Gasteiger partial charge in [-0.2, -0.15) is 0 Å². The van der Waals surface area contributed by atoms with Crippen molar-refractivity contribution in [2.45, 2.75) is 19.3 Å². The molecule has 0 bridgehead atoms. The SMILES string of the molecule is CC(CC(=O)NCC(=O)Nc1nccs1)c1ccc(F)cc1. The van der Waals surface area contributed by atoms with E-state index in [9.17, 15) is 14.0 Å². The van der Waals surface area contributed by atoms with Crippen LogP contribution in [-0.4, -0.2) is 23.3 Å². The second-order valence-corrected chi connectivity index (χ2v) is 5.71. The first-order valence-electron chi connectivity index (χ1n) is 6.76. The van der Waals surface area contributed by atoms with E-state index in [1.807, 2.05) is 6.92 Å². The summed E-state index contributed by atoms with van der Waals surface area (Å²) < 4.78 is 12.8. The number of carbonyl (C=O) groups is 2. The van der Waals surface area contributed by atoms with Crippen LogP contribution in [0.25, 0.3) is 0 Å². The maximum atomic E-state index is 12.8. The van der Waals surface area contributed by atoms with E-state index in [0.29, 0.717) is 5.13 Å². The molecule has 1 unspecified atom stereocenters. The molecule has 7 heteroatoms. The highest BCUT2D eigenvalue weighted by Crippen LogP contribution is 2.19. The molecule has 1 atom stereocenters. The molecule has 0 aliphatic rings. The Morgan fingerprint density at radius 1 is 1.27 bits per heavy atom. The predicted octanol–water partition coefficient (Wildman–Crippen LogP) is 2.53. The average molecular weight is 321 g/mol. The van der Waals surface area contributed by atoms with Crippen LogP contribution < -0.4 is 10.6 Å². The van der Waals surface area contributed by atoms with Crippen LogP contribution in [0.4, 0.5) is 9.52 Å². The van der Waals surface area contributed by atoms with Crippen molar-refractivity contribution in [1.82, 2.24) is 10.3 Å². The molecule has 2 rings (SSSR count). The zero-order valence-corrected chi connectivity index (χ0v) is 12.8. The van der Waals surface area contributed by atoms with Crippen LogP contribution in [0.2, 0.25) is 0 Å². The summed E-state index contributed by atoms with van der Waals surface area (Å²) in [5.41, 5.74) is 0.879. The molecule has 0 saturated heterocycles. The molecule has 22 heavy (non-hydrogen) atoms. The maximum Gasteiger partial charge on any atom is 0.245 e. The van der Waals surface area contributed by atoms with Gasteiger partial charge >= 0.3 is 0 Å². The number of amides is 2. The zero-order valence-electron chi connectivity index (χ0n) is 12.0. The minimum Gasteiger partial charge on any atom is -0.347 e. The molecule has 1 aromatic heterocycles. The Kier molecular flexibility index (Phi) is 5.60. The van der Waals surface area contributed by atoms with Crippen LogP contribution >= 0.6 is 11.3 Å². The van der Waals surface area contributed by atoms with Crippen molar-refractivity contribution in [3.63, 3.8) is 0 Å². The fraction of sp³-hybridized carbons (Fsp3) is 0.267. The third-order valence-corrected chi connectivity index (χ3v) is 3.74. The summed E-state index contributed by atoms with van der Waals surface area (Å²) in [6.45, 7) is 1.77. The second kappa shape index (κ2) is 7.65. The van der Waals surface area contributed by atoms with Gasteiger partial charge in [0.25, 0.3) is 0 Å². The molecular formula is C15H16FN3O2S. The summed E-state index contributed by atoms with van der Waals surface area (Å²) in [4.78, 5) is 27.4. The van der Waals surface area contributed by atoms with E-state index < -0.39 is 0 Å². The summed E-state index contributed by atoms with van der Waals surface area (Å²) in [5, 5.41) is 7.39. The number of hydrogen-bond donors (Lipinski definition) is 2. The molecule has 0 spiro atoms. The molecule has 2 aromatic rings. The minimum atomic E-state index is -0.322. The quantitative estimate of drug-likeness (QED) is 0.859. The number of anilines is 1. The lowest BCUT2D eigenvalue weighted by molar-refractivity contribution is -0.124. The van der Waals surface area contributed by atoms with Gasteiger partial charge in [0.05, 0.1) is 6.54 Å². The Bertz CT molecular complexity index is 629. The van der Waals surface area contributed by atoms with Crippen molar-refractivity contribution in [3.05, 3.63) is 47.2 Å². The highest BCUT2D eigenvalue weighted by Gasteiger charge is 2.12. The second-order valence-electron chi connectivity index (χ2n) is 4.82. The Hall–Kier alpha value is -2.28. The van der Waals surface area contributed by atoms with Gasteiger partial charge in [0.15, 0.2) is 5.13 Å². The summed E-state index contributed by atoms with van der Waals surface area (Å²) in [6, 6.07) is 6.04. The highest BCUT2D eigenvalue weighted by molar-refractivity contribution is 7.13. The van der Waals surface area contributed by atoms with Crippen molar-refractivity contribution in [3.8, 4) is 0 Å². The molecule has 2 amide bonds. The number of benzene rings is 1. The summed E-state index contributed by atoms with van der Waals surface area (Å²) >= 11 is 1.31. The van der Waals surface area contributed by atoms with Gasteiger partial charge in [-0.25, -0.2) is 9.37 Å². The lowest BCUT2D eigenvalue weighted by Crippen LogP contribution is -2.33. The predicted molar refractivity (Wildman–Crippen MR) is 83.2 cm³/mol. The number of nitrogens with zero attached hydrogens (tertiary/aromatic N) is 1.